The molecule has 4 aromatic rings. The molecule has 1 saturated heterocycles. The Morgan fingerprint density at radius 2 is 1.02 bits per heavy atom. The van der Waals surface area contributed by atoms with Gasteiger partial charge >= 0.3 is 17.9 Å². The third-order valence-electron chi connectivity index (χ3n) is 7.32. The summed E-state index contributed by atoms with van der Waals surface area (Å²) in [5.74, 6) is -2.32. The molecule has 1 fully saturated rings. The van der Waals surface area contributed by atoms with Gasteiger partial charge in [-0.3, -0.25) is 4.18 Å². The summed E-state index contributed by atoms with van der Waals surface area (Å²) < 4.78 is 55.3. The minimum absolute atomic E-state index is 0.0819. The molecular formula is C35H32O10S. The third kappa shape index (κ3) is 7.86. The molecule has 0 unspecified atom stereocenters. The summed E-state index contributed by atoms with van der Waals surface area (Å²) in [4.78, 5) is 39.9. The average Bonchev–Trinajstić information content (AvgIpc) is 3.08. The fourth-order valence-electron chi connectivity index (χ4n) is 4.90. The molecule has 1 heterocycles. The fourth-order valence-corrected chi connectivity index (χ4v) is 5.82. The first-order chi connectivity index (χ1) is 22.1. The van der Waals surface area contributed by atoms with Crippen LogP contribution in [0.5, 0.6) is 0 Å². The third-order valence-corrected chi connectivity index (χ3v) is 8.62. The normalized spacial score (nSPS) is 21.1. The van der Waals surface area contributed by atoms with Crippen LogP contribution < -0.4 is 0 Å². The van der Waals surface area contributed by atoms with Crippen molar-refractivity contribution in [2.24, 2.45) is 0 Å². The zero-order chi connectivity index (χ0) is 32.7. The van der Waals surface area contributed by atoms with Crippen molar-refractivity contribution in [2.75, 3.05) is 6.61 Å². The van der Waals surface area contributed by atoms with E-state index in [2.05, 4.69) is 0 Å². The van der Waals surface area contributed by atoms with Gasteiger partial charge in [-0.1, -0.05) is 72.3 Å². The van der Waals surface area contributed by atoms with Gasteiger partial charge in [-0.2, -0.15) is 8.42 Å². The Morgan fingerprint density at radius 3 is 1.48 bits per heavy atom. The van der Waals surface area contributed by atoms with Crippen LogP contribution in [0.3, 0.4) is 0 Å². The Labute approximate surface area is 266 Å². The van der Waals surface area contributed by atoms with Crippen molar-refractivity contribution in [3.63, 3.8) is 0 Å². The first kappa shape index (κ1) is 32.6. The van der Waals surface area contributed by atoms with Crippen LogP contribution in [-0.2, 0) is 33.2 Å². The SMILES string of the molecule is Cc1ccc(S(=O)(=O)OC[C@H]2O[C@@H](C)[C@@H](OC(=O)c3ccccc3)[C@@H](OC(=O)c3ccccc3)[C@@H]2OC(=O)c2ccccc2)cc1. The average molecular weight is 645 g/mol. The Bertz CT molecular complexity index is 1740. The molecule has 0 aliphatic carbocycles. The van der Waals surface area contributed by atoms with Gasteiger partial charge in [-0.05, 0) is 62.4 Å². The predicted octanol–water partition coefficient (Wildman–Crippen LogP) is 5.16. The van der Waals surface area contributed by atoms with Crippen LogP contribution in [0, 0.1) is 6.92 Å². The first-order valence-electron chi connectivity index (χ1n) is 14.5. The van der Waals surface area contributed by atoms with Crippen LogP contribution in [0.15, 0.2) is 120 Å². The Hall–Kier alpha value is -4.84. The van der Waals surface area contributed by atoms with Gasteiger partial charge in [0.05, 0.1) is 34.3 Å². The van der Waals surface area contributed by atoms with Crippen LogP contribution in [0.25, 0.3) is 0 Å². The molecule has 10 nitrogen and oxygen atoms in total. The van der Waals surface area contributed by atoms with Gasteiger partial charge in [0.1, 0.15) is 6.10 Å². The van der Waals surface area contributed by atoms with E-state index in [1.165, 1.54) is 36.4 Å². The van der Waals surface area contributed by atoms with E-state index in [4.69, 9.17) is 23.1 Å². The van der Waals surface area contributed by atoms with E-state index < -0.39 is 65.2 Å². The van der Waals surface area contributed by atoms with Crippen molar-refractivity contribution >= 4 is 28.0 Å². The van der Waals surface area contributed by atoms with Crippen molar-refractivity contribution in [1.29, 1.82) is 0 Å². The lowest BCUT2D eigenvalue weighted by Crippen LogP contribution is -2.61. The minimum Gasteiger partial charge on any atom is -0.452 e. The molecule has 0 radical (unpaired) electrons. The highest BCUT2D eigenvalue weighted by Gasteiger charge is 2.51. The molecule has 46 heavy (non-hydrogen) atoms. The molecular weight excluding hydrogens is 612 g/mol. The molecule has 5 rings (SSSR count). The van der Waals surface area contributed by atoms with E-state index in [0.717, 1.165) is 5.56 Å². The minimum atomic E-state index is -4.26. The van der Waals surface area contributed by atoms with Crippen molar-refractivity contribution in [1.82, 2.24) is 0 Å². The number of benzene rings is 4. The number of hydrogen-bond acceptors (Lipinski definition) is 10. The summed E-state index contributed by atoms with van der Waals surface area (Å²) in [6, 6.07) is 30.4. The molecule has 0 amide bonds. The summed E-state index contributed by atoms with van der Waals surface area (Å²) in [5, 5.41) is 0. The Balaban J connectivity index is 1.50. The van der Waals surface area contributed by atoms with Crippen LogP contribution in [-0.4, -0.2) is 63.5 Å². The topological polar surface area (TPSA) is 132 Å². The van der Waals surface area contributed by atoms with Crippen molar-refractivity contribution in [2.45, 2.75) is 49.3 Å². The monoisotopic (exact) mass is 644 g/mol. The molecule has 0 aromatic heterocycles. The second kappa shape index (κ2) is 14.5. The molecule has 0 spiro atoms. The van der Waals surface area contributed by atoms with E-state index in [-0.39, 0.29) is 21.6 Å². The van der Waals surface area contributed by atoms with Crippen LogP contribution in [0.1, 0.15) is 43.6 Å². The smallest absolute Gasteiger partial charge is 0.338 e. The maximum atomic E-state index is 13.4. The maximum absolute atomic E-state index is 13.4. The number of esters is 3. The van der Waals surface area contributed by atoms with Gasteiger partial charge in [0.2, 0.25) is 0 Å². The van der Waals surface area contributed by atoms with E-state index in [0.29, 0.717) is 0 Å². The second-order valence-corrected chi connectivity index (χ2v) is 12.3. The summed E-state index contributed by atoms with van der Waals surface area (Å²) in [5.41, 5.74) is 1.46. The van der Waals surface area contributed by atoms with Gasteiger partial charge in [0, 0.05) is 0 Å². The molecule has 0 saturated carbocycles. The molecule has 11 heteroatoms. The molecule has 1 aliphatic rings. The molecule has 0 bridgehead atoms. The van der Waals surface area contributed by atoms with E-state index in [9.17, 15) is 22.8 Å². The highest BCUT2D eigenvalue weighted by molar-refractivity contribution is 7.86. The molecule has 1 aliphatic heterocycles. The largest absolute Gasteiger partial charge is 0.452 e. The van der Waals surface area contributed by atoms with Crippen molar-refractivity contribution in [3.05, 3.63) is 138 Å². The summed E-state index contributed by atoms with van der Waals surface area (Å²) in [6.45, 7) is 2.78. The summed E-state index contributed by atoms with van der Waals surface area (Å²) >= 11 is 0. The lowest BCUT2D eigenvalue weighted by atomic mass is 9.94. The second-order valence-electron chi connectivity index (χ2n) is 10.6. The van der Waals surface area contributed by atoms with Gasteiger partial charge in [0.15, 0.2) is 18.3 Å². The van der Waals surface area contributed by atoms with Crippen LogP contribution >= 0.6 is 0 Å². The number of carbonyl (C=O) groups is 3. The van der Waals surface area contributed by atoms with Gasteiger partial charge in [0.25, 0.3) is 10.1 Å². The van der Waals surface area contributed by atoms with E-state index >= 15 is 0 Å². The number of rotatable bonds is 10. The van der Waals surface area contributed by atoms with Crippen molar-refractivity contribution < 1.29 is 45.9 Å². The van der Waals surface area contributed by atoms with Gasteiger partial charge in [-0.15, -0.1) is 0 Å². The molecule has 4 aromatic carbocycles. The molecule has 5 atom stereocenters. The number of carbonyl (C=O) groups excluding carboxylic acids is 3. The van der Waals surface area contributed by atoms with E-state index in [1.54, 1.807) is 85.8 Å². The Kier molecular flexibility index (Phi) is 10.3. The molecule has 238 valence electrons. The maximum Gasteiger partial charge on any atom is 0.338 e. The summed E-state index contributed by atoms with van der Waals surface area (Å²) in [6.07, 6.45) is -6.36. The zero-order valence-corrected chi connectivity index (χ0v) is 25.9. The number of hydrogen-bond donors (Lipinski definition) is 0. The highest BCUT2D eigenvalue weighted by atomic mass is 32.2. The fraction of sp³-hybridized carbons (Fsp3) is 0.229. The first-order valence-corrected chi connectivity index (χ1v) is 15.9. The lowest BCUT2D eigenvalue weighted by Gasteiger charge is -2.43. The zero-order valence-electron chi connectivity index (χ0n) is 25.1. The predicted molar refractivity (Wildman–Crippen MR) is 166 cm³/mol. The number of aryl methyl sites for hydroxylation is 1. The quantitative estimate of drug-likeness (QED) is 0.130. The van der Waals surface area contributed by atoms with Gasteiger partial charge in [-0.25, -0.2) is 14.4 Å². The lowest BCUT2D eigenvalue weighted by molar-refractivity contribution is -0.222. The van der Waals surface area contributed by atoms with Gasteiger partial charge < -0.3 is 18.9 Å². The Morgan fingerprint density at radius 1 is 0.609 bits per heavy atom. The summed E-state index contributed by atoms with van der Waals surface area (Å²) in [7, 11) is -4.26. The van der Waals surface area contributed by atoms with Crippen LogP contribution in [0.2, 0.25) is 0 Å². The number of ether oxygens (including phenoxy) is 4. The molecule has 0 N–H and O–H groups in total. The standard InChI is InChI=1S/C35H32O10S/c1-23-18-20-28(21-19-23)46(39,40)41-22-29-31(44-34(37)26-14-8-4-9-15-26)32(45-35(38)27-16-10-5-11-17-27)30(24(2)42-29)43-33(36)25-12-6-3-7-13-25/h3-21,24,29-32H,22H2,1-2H3/t24-,29+,30+,31+,32+/m0/s1. The highest BCUT2D eigenvalue weighted by Crippen LogP contribution is 2.31. The van der Waals surface area contributed by atoms with Crippen LogP contribution in [0.4, 0.5) is 0 Å². The van der Waals surface area contributed by atoms with E-state index in [1.807, 2.05) is 6.92 Å². The van der Waals surface area contributed by atoms with Crippen molar-refractivity contribution in [3.8, 4) is 0 Å².